The molecular weight excluding hydrogens is 204 g/mol. The Hall–Kier alpha value is -0.690. The number of rotatable bonds is 3. The van der Waals surface area contributed by atoms with Crippen molar-refractivity contribution in [1.82, 2.24) is 0 Å². The first-order valence-corrected chi connectivity index (χ1v) is 4.90. The molecule has 0 bridgehead atoms. The first-order chi connectivity index (χ1) is 7.06. The van der Waals surface area contributed by atoms with E-state index < -0.39 is 29.9 Å². The van der Waals surface area contributed by atoms with Crippen LogP contribution in [-0.4, -0.2) is 58.4 Å². The van der Waals surface area contributed by atoms with Crippen LogP contribution < -0.4 is 0 Å². The van der Waals surface area contributed by atoms with E-state index in [1.807, 2.05) is 0 Å². The van der Waals surface area contributed by atoms with Gasteiger partial charge in [0.1, 0.15) is 23.9 Å². The van der Waals surface area contributed by atoms with Crippen LogP contribution in [0.3, 0.4) is 0 Å². The zero-order chi connectivity index (χ0) is 11.1. The number of aliphatic hydroxyl groups is 2. The number of carboxylic acids is 1. The predicted octanol–water partition coefficient (Wildman–Crippen LogP) is -1.26. The summed E-state index contributed by atoms with van der Waals surface area (Å²) in [6.45, 7) is 0.169. The van der Waals surface area contributed by atoms with Crippen LogP contribution in [0.2, 0.25) is 0 Å². The van der Waals surface area contributed by atoms with Gasteiger partial charge in [-0.05, 0) is 6.42 Å². The molecule has 0 radical (unpaired) electrons. The molecule has 2 aliphatic rings. The van der Waals surface area contributed by atoms with Crippen LogP contribution in [0.5, 0.6) is 0 Å². The van der Waals surface area contributed by atoms with Crippen LogP contribution in [0.1, 0.15) is 12.8 Å². The Kier molecular flexibility index (Phi) is 2.68. The van der Waals surface area contributed by atoms with E-state index >= 15 is 0 Å². The topological polar surface area (TPSA) is 96.2 Å². The standard InChI is InChI=1S/C9H14O6/c10-5-3-15-9(2-1-7(12)13)6(11)4-14-8(5)9/h5-6,8,10-11H,1-4H2,(H,12,13)/t5-,6+,8-,9+/m1/s1. The first kappa shape index (κ1) is 10.8. The predicted molar refractivity (Wildman–Crippen MR) is 47.3 cm³/mol. The van der Waals surface area contributed by atoms with Gasteiger partial charge in [0, 0.05) is 6.42 Å². The van der Waals surface area contributed by atoms with Crippen molar-refractivity contribution in [2.45, 2.75) is 36.8 Å². The molecule has 0 aromatic carbocycles. The molecule has 0 aliphatic carbocycles. The number of fused-ring (bicyclic) bond motifs is 1. The Morgan fingerprint density at radius 3 is 2.80 bits per heavy atom. The van der Waals surface area contributed by atoms with E-state index in [0.29, 0.717) is 0 Å². The molecule has 6 nitrogen and oxygen atoms in total. The Morgan fingerprint density at radius 1 is 1.40 bits per heavy atom. The summed E-state index contributed by atoms with van der Waals surface area (Å²) in [5, 5.41) is 27.9. The highest BCUT2D eigenvalue weighted by Crippen LogP contribution is 2.40. The zero-order valence-corrected chi connectivity index (χ0v) is 8.13. The number of hydrogen-bond donors (Lipinski definition) is 3. The molecule has 0 unspecified atom stereocenters. The molecule has 6 heteroatoms. The van der Waals surface area contributed by atoms with Crippen LogP contribution >= 0.6 is 0 Å². The van der Waals surface area contributed by atoms with E-state index in [9.17, 15) is 15.0 Å². The lowest BCUT2D eigenvalue weighted by Crippen LogP contribution is -2.47. The average molecular weight is 218 g/mol. The fourth-order valence-corrected chi connectivity index (χ4v) is 2.29. The van der Waals surface area contributed by atoms with E-state index in [1.165, 1.54) is 0 Å². The van der Waals surface area contributed by atoms with Gasteiger partial charge >= 0.3 is 5.97 Å². The van der Waals surface area contributed by atoms with Crippen LogP contribution in [0.15, 0.2) is 0 Å². The molecule has 15 heavy (non-hydrogen) atoms. The molecule has 0 amide bonds. The maximum atomic E-state index is 10.5. The van der Waals surface area contributed by atoms with E-state index in [2.05, 4.69) is 0 Å². The summed E-state index contributed by atoms with van der Waals surface area (Å²) in [7, 11) is 0. The van der Waals surface area contributed by atoms with Gasteiger partial charge in [0.15, 0.2) is 0 Å². The Labute approximate surface area is 86.4 Å². The maximum Gasteiger partial charge on any atom is 0.303 e. The quantitative estimate of drug-likeness (QED) is 0.547. The minimum atomic E-state index is -1.03. The Morgan fingerprint density at radius 2 is 2.13 bits per heavy atom. The third-order valence-corrected chi connectivity index (χ3v) is 3.08. The lowest BCUT2D eigenvalue weighted by molar-refractivity contribution is -0.140. The fourth-order valence-electron chi connectivity index (χ4n) is 2.29. The number of hydrogen-bond acceptors (Lipinski definition) is 5. The third-order valence-electron chi connectivity index (χ3n) is 3.08. The maximum absolute atomic E-state index is 10.5. The molecular formula is C9H14O6. The normalized spacial score (nSPS) is 44.3. The second kappa shape index (κ2) is 3.71. The summed E-state index contributed by atoms with van der Waals surface area (Å²) in [5.74, 6) is -0.952. The summed E-state index contributed by atoms with van der Waals surface area (Å²) in [6.07, 6.45) is -2.20. The SMILES string of the molecule is O=C(O)CC[C@@]12OC[C@@H](O)[C@H]1OC[C@@H]2O. The molecule has 2 aliphatic heterocycles. The minimum absolute atomic E-state index is 0.0847. The second-order valence-corrected chi connectivity index (χ2v) is 4.00. The number of carbonyl (C=O) groups is 1. The molecule has 3 N–H and O–H groups in total. The molecule has 2 saturated heterocycles. The zero-order valence-electron chi connectivity index (χ0n) is 8.13. The molecule has 0 spiro atoms. The largest absolute Gasteiger partial charge is 0.481 e. The van der Waals surface area contributed by atoms with Gasteiger partial charge in [-0.3, -0.25) is 4.79 Å². The Bertz CT molecular complexity index is 267. The highest BCUT2D eigenvalue weighted by Gasteiger charge is 2.59. The fraction of sp³-hybridized carbons (Fsp3) is 0.889. The lowest BCUT2D eigenvalue weighted by atomic mass is 9.87. The number of ether oxygens (including phenoxy) is 2. The van der Waals surface area contributed by atoms with Gasteiger partial charge in [0.25, 0.3) is 0 Å². The van der Waals surface area contributed by atoms with Crippen molar-refractivity contribution in [3.63, 3.8) is 0 Å². The van der Waals surface area contributed by atoms with E-state index in [1.54, 1.807) is 0 Å². The monoisotopic (exact) mass is 218 g/mol. The van der Waals surface area contributed by atoms with Crippen LogP contribution in [0.25, 0.3) is 0 Å². The van der Waals surface area contributed by atoms with Gasteiger partial charge in [0.05, 0.1) is 13.2 Å². The van der Waals surface area contributed by atoms with E-state index in [4.69, 9.17) is 14.6 Å². The smallest absolute Gasteiger partial charge is 0.303 e. The minimum Gasteiger partial charge on any atom is -0.481 e. The second-order valence-electron chi connectivity index (χ2n) is 4.00. The summed E-state index contributed by atoms with van der Waals surface area (Å²) >= 11 is 0. The summed E-state index contributed by atoms with van der Waals surface area (Å²) < 4.78 is 10.6. The summed E-state index contributed by atoms with van der Waals surface area (Å²) in [6, 6.07) is 0. The van der Waals surface area contributed by atoms with Gasteiger partial charge in [-0.15, -0.1) is 0 Å². The van der Waals surface area contributed by atoms with Gasteiger partial charge in [-0.1, -0.05) is 0 Å². The Balaban J connectivity index is 2.11. The molecule has 2 heterocycles. The van der Waals surface area contributed by atoms with Crippen molar-refractivity contribution >= 4 is 5.97 Å². The molecule has 4 atom stereocenters. The molecule has 2 rings (SSSR count). The molecule has 86 valence electrons. The average Bonchev–Trinajstić information content (AvgIpc) is 2.66. The first-order valence-electron chi connectivity index (χ1n) is 4.90. The van der Waals surface area contributed by atoms with Crippen LogP contribution in [-0.2, 0) is 14.3 Å². The highest BCUT2D eigenvalue weighted by molar-refractivity contribution is 5.66. The van der Waals surface area contributed by atoms with Crippen molar-refractivity contribution in [2.75, 3.05) is 13.2 Å². The van der Waals surface area contributed by atoms with Gasteiger partial charge in [-0.25, -0.2) is 0 Å². The van der Waals surface area contributed by atoms with Crippen LogP contribution in [0.4, 0.5) is 0 Å². The number of aliphatic hydroxyl groups excluding tert-OH is 2. The van der Waals surface area contributed by atoms with Crippen molar-refractivity contribution < 1.29 is 29.6 Å². The molecule has 0 saturated carbocycles. The van der Waals surface area contributed by atoms with E-state index in [-0.39, 0.29) is 26.1 Å². The molecule has 0 aromatic rings. The third kappa shape index (κ3) is 1.63. The molecule has 0 aromatic heterocycles. The summed E-state index contributed by atoms with van der Waals surface area (Å²) in [4.78, 5) is 10.5. The van der Waals surface area contributed by atoms with Gasteiger partial charge < -0.3 is 24.8 Å². The molecule has 2 fully saturated rings. The van der Waals surface area contributed by atoms with Gasteiger partial charge in [-0.2, -0.15) is 0 Å². The summed E-state index contributed by atoms with van der Waals surface area (Å²) in [5.41, 5.74) is -1.03. The number of aliphatic carboxylic acids is 1. The van der Waals surface area contributed by atoms with Crippen molar-refractivity contribution in [3.8, 4) is 0 Å². The van der Waals surface area contributed by atoms with Crippen molar-refractivity contribution in [3.05, 3.63) is 0 Å². The number of carboxylic acid groups (broad SMARTS) is 1. The highest BCUT2D eigenvalue weighted by atomic mass is 16.6. The van der Waals surface area contributed by atoms with Gasteiger partial charge in [0.2, 0.25) is 0 Å². The van der Waals surface area contributed by atoms with Crippen molar-refractivity contribution in [1.29, 1.82) is 0 Å². The lowest BCUT2D eigenvalue weighted by Gasteiger charge is -2.29. The van der Waals surface area contributed by atoms with E-state index in [0.717, 1.165) is 0 Å². The van der Waals surface area contributed by atoms with Crippen molar-refractivity contribution in [2.24, 2.45) is 0 Å². The van der Waals surface area contributed by atoms with Crippen LogP contribution in [0, 0.1) is 0 Å².